The SMILES string of the molecule is CCC(CCN)CCC(=O)c1ccc(OC)cc1. The van der Waals surface area contributed by atoms with Crippen LogP contribution in [0.3, 0.4) is 0 Å². The van der Waals surface area contributed by atoms with Crippen molar-refractivity contribution in [3.8, 4) is 5.75 Å². The maximum absolute atomic E-state index is 12.0. The summed E-state index contributed by atoms with van der Waals surface area (Å²) >= 11 is 0. The van der Waals surface area contributed by atoms with Crippen LogP contribution in [0.1, 0.15) is 43.0 Å². The van der Waals surface area contributed by atoms with Gasteiger partial charge in [-0.15, -0.1) is 0 Å². The van der Waals surface area contributed by atoms with Gasteiger partial charge in [-0.3, -0.25) is 4.79 Å². The van der Waals surface area contributed by atoms with Crippen LogP contribution in [0.25, 0.3) is 0 Å². The third-order valence-electron chi connectivity index (χ3n) is 3.34. The Labute approximate surface area is 109 Å². The highest BCUT2D eigenvalue weighted by atomic mass is 16.5. The maximum atomic E-state index is 12.0. The number of Topliss-reactive ketones (excluding diaryl/α,β-unsaturated/α-hetero) is 1. The van der Waals surface area contributed by atoms with E-state index in [4.69, 9.17) is 10.5 Å². The zero-order chi connectivity index (χ0) is 13.4. The van der Waals surface area contributed by atoms with Crippen molar-refractivity contribution < 1.29 is 9.53 Å². The fourth-order valence-corrected chi connectivity index (χ4v) is 2.04. The second-order valence-corrected chi connectivity index (χ2v) is 4.54. The van der Waals surface area contributed by atoms with E-state index < -0.39 is 0 Å². The van der Waals surface area contributed by atoms with Gasteiger partial charge in [0.1, 0.15) is 5.75 Å². The first-order valence-corrected chi connectivity index (χ1v) is 6.58. The van der Waals surface area contributed by atoms with Crippen LogP contribution in [-0.2, 0) is 0 Å². The van der Waals surface area contributed by atoms with Gasteiger partial charge in [-0.25, -0.2) is 0 Å². The number of benzene rings is 1. The molecule has 0 aliphatic heterocycles. The largest absolute Gasteiger partial charge is 0.497 e. The van der Waals surface area contributed by atoms with Crippen molar-refractivity contribution in [3.63, 3.8) is 0 Å². The molecule has 3 heteroatoms. The Morgan fingerprint density at radius 2 is 1.94 bits per heavy atom. The van der Waals surface area contributed by atoms with Gasteiger partial charge in [-0.1, -0.05) is 13.3 Å². The fourth-order valence-electron chi connectivity index (χ4n) is 2.04. The number of ether oxygens (including phenoxy) is 1. The fraction of sp³-hybridized carbons (Fsp3) is 0.533. The van der Waals surface area contributed by atoms with E-state index in [-0.39, 0.29) is 5.78 Å². The zero-order valence-electron chi connectivity index (χ0n) is 11.3. The van der Waals surface area contributed by atoms with Crippen LogP contribution < -0.4 is 10.5 Å². The Morgan fingerprint density at radius 1 is 1.28 bits per heavy atom. The third kappa shape index (κ3) is 4.49. The van der Waals surface area contributed by atoms with Gasteiger partial charge in [0.05, 0.1) is 7.11 Å². The molecule has 0 aliphatic carbocycles. The molecule has 0 amide bonds. The Bertz CT molecular complexity index is 359. The molecule has 1 unspecified atom stereocenters. The molecule has 0 aliphatic rings. The summed E-state index contributed by atoms with van der Waals surface area (Å²) in [4.78, 5) is 12.0. The second-order valence-electron chi connectivity index (χ2n) is 4.54. The normalized spacial score (nSPS) is 12.2. The average molecular weight is 249 g/mol. The van der Waals surface area contributed by atoms with Gasteiger partial charge in [0.2, 0.25) is 0 Å². The lowest BCUT2D eigenvalue weighted by Crippen LogP contribution is -2.10. The van der Waals surface area contributed by atoms with E-state index in [0.29, 0.717) is 18.9 Å². The van der Waals surface area contributed by atoms with Crippen LogP contribution in [0.2, 0.25) is 0 Å². The maximum Gasteiger partial charge on any atom is 0.162 e. The highest BCUT2D eigenvalue weighted by Crippen LogP contribution is 2.18. The average Bonchev–Trinajstić information content (AvgIpc) is 2.43. The molecular formula is C15H23NO2. The topological polar surface area (TPSA) is 52.3 Å². The van der Waals surface area contributed by atoms with E-state index in [9.17, 15) is 4.79 Å². The van der Waals surface area contributed by atoms with Crippen molar-refractivity contribution in [2.45, 2.75) is 32.6 Å². The third-order valence-corrected chi connectivity index (χ3v) is 3.34. The minimum absolute atomic E-state index is 0.202. The number of nitrogens with two attached hydrogens (primary N) is 1. The lowest BCUT2D eigenvalue weighted by Gasteiger charge is -2.12. The molecule has 0 saturated heterocycles. The van der Waals surface area contributed by atoms with Crippen molar-refractivity contribution in [2.75, 3.05) is 13.7 Å². The number of ketones is 1. The highest BCUT2D eigenvalue weighted by molar-refractivity contribution is 5.96. The number of methoxy groups -OCH3 is 1. The molecule has 1 aromatic rings. The Hall–Kier alpha value is -1.35. The first kappa shape index (κ1) is 14.7. The van der Waals surface area contributed by atoms with Gasteiger partial charge in [0.15, 0.2) is 5.78 Å². The standard InChI is InChI=1S/C15H23NO2/c1-3-12(10-11-16)4-9-15(17)13-5-7-14(18-2)8-6-13/h5-8,12H,3-4,9-11,16H2,1-2H3. The molecular weight excluding hydrogens is 226 g/mol. The first-order chi connectivity index (χ1) is 8.71. The van der Waals surface area contributed by atoms with Gasteiger partial charge >= 0.3 is 0 Å². The van der Waals surface area contributed by atoms with E-state index >= 15 is 0 Å². The molecule has 0 radical (unpaired) electrons. The van der Waals surface area contributed by atoms with E-state index in [1.165, 1.54) is 0 Å². The number of hydrogen-bond acceptors (Lipinski definition) is 3. The summed E-state index contributed by atoms with van der Waals surface area (Å²) in [6.07, 6.45) is 3.63. The molecule has 1 atom stereocenters. The van der Waals surface area contributed by atoms with E-state index in [2.05, 4.69) is 6.92 Å². The minimum atomic E-state index is 0.202. The van der Waals surface area contributed by atoms with Crippen LogP contribution >= 0.6 is 0 Å². The van der Waals surface area contributed by atoms with Gasteiger partial charge in [0, 0.05) is 12.0 Å². The van der Waals surface area contributed by atoms with Crippen LogP contribution in [0.5, 0.6) is 5.75 Å². The Morgan fingerprint density at radius 3 is 2.44 bits per heavy atom. The summed E-state index contributed by atoms with van der Waals surface area (Å²) in [5, 5.41) is 0. The van der Waals surface area contributed by atoms with Crippen molar-refractivity contribution in [2.24, 2.45) is 11.7 Å². The van der Waals surface area contributed by atoms with Crippen LogP contribution in [0.4, 0.5) is 0 Å². The smallest absolute Gasteiger partial charge is 0.162 e. The molecule has 18 heavy (non-hydrogen) atoms. The molecule has 100 valence electrons. The molecule has 0 spiro atoms. The van der Waals surface area contributed by atoms with Crippen LogP contribution in [-0.4, -0.2) is 19.4 Å². The summed E-state index contributed by atoms with van der Waals surface area (Å²) in [6, 6.07) is 7.30. The molecule has 1 aromatic carbocycles. The lowest BCUT2D eigenvalue weighted by molar-refractivity contribution is 0.0972. The second kappa shape index (κ2) is 7.88. The van der Waals surface area contributed by atoms with Gasteiger partial charge in [-0.05, 0) is 49.6 Å². The molecule has 0 fully saturated rings. The van der Waals surface area contributed by atoms with Crippen molar-refractivity contribution in [1.82, 2.24) is 0 Å². The summed E-state index contributed by atoms with van der Waals surface area (Å²) in [5.74, 6) is 1.55. The summed E-state index contributed by atoms with van der Waals surface area (Å²) < 4.78 is 5.07. The highest BCUT2D eigenvalue weighted by Gasteiger charge is 2.10. The molecule has 0 heterocycles. The predicted molar refractivity (Wildman–Crippen MR) is 74.0 cm³/mol. The van der Waals surface area contributed by atoms with Crippen LogP contribution in [0.15, 0.2) is 24.3 Å². The van der Waals surface area contributed by atoms with Crippen molar-refractivity contribution in [1.29, 1.82) is 0 Å². The lowest BCUT2D eigenvalue weighted by atomic mass is 9.94. The summed E-state index contributed by atoms with van der Waals surface area (Å²) in [7, 11) is 1.62. The van der Waals surface area contributed by atoms with Crippen molar-refractivity contribution in [3.05, 3.63) is 29.8 Å². The first-order valence-electron chi connectivity index (χ1n) is 6.58. The molecule has 0 aromatic heterocycles. The number of carbonyl (C=O) groups is 1. The van der Waals surface area contributed by atoms with Crippen molar-refractivity contribution >= 4 is 5.78 Å². The quantitative estimate of drug-likeness (QED) is 0.720. The summed E-state index contributed by atoms with van der Waals surface area (Å²) in [5.41, 5.74) is 6.32. The Kier molecular flexibility index (Phi) is 6.44. The van der Waals surface area contributed by atoms with E-state index in [0.717, 1.165) is 30.6 Å². The number of rotatable bonds is 8. The summed E-state index contributed by atoms with van der Waals surface area (Å²) in [6.45, 7) is 2.85. The van der Waals surface area contributed by atoms with Gasteiger partial charge < -0.3 is 10.5 Å². The molecule has 1 rings (SSSR count). The zero-order valence-corrected chi connectivity index (χ0v) is 11.3. The molecule has 0 bridgehead atoms. The number of carbonyl (C=O) groups excluding carboxylic acids is 1. The Balaban J connectivity index is 2.48. The molecule has 2 N–H and O–H groups in total. The van der Waals surface area contributed by atoms with Gasteiger partial charge in [0.25, 0.3) is 0 Å². The minimum Gasteiger partial charge on any atom is -0.497 e. The monoisotopic (exact) mass is 249 g/mol. The van der Waals surface area contributed by atoms with Gasteiger partial charge in [-0.2, -0.15) is 0 Å². The van der Waals surface area contributed by atoms with E-state index in [1.54, 1.807) is 7.11 Å². The van der Waals surface area contributed by atoms with Crippen LogP contribution in [0, 0.1) is 5.92 Å². The molecule has 0 saturated carbocycles. The predicted octanol–water partition coefficient (Wildman–Crippen LogP) is 3.03. The van der Waals surface area contributed by atoms with E-state index in [1.807, 2.05) is 24.3 Å². The number of hydrogen-bond donors (Lipinski definition) is 1. The molecule has 3 nitrogen and oxygen atoms in total.